The molecule has 1 unspecified atom stereocenters. The van der Waals surface area contributed by atoms with E-state index in [4.69, 9.17) is 0 Å². The van der Waals surface area contributed by atoms with Gasteiger partial charge in [-0.15, -0.1) is 0 Å². The van der Waals surface area contributed by atoms with Crippen LogP contribution in [0.25, 0.3) is 0 Å². The molecular weight excluding hydrogens is 389 g/mol. The van der Waals surface area contributed by atoms with Gasteiger partial charge in [0, 0.05) is 16.6 Å². The van der Waals surface area contributed by atoms with Crippen molar-refractivity contribution in [2.24, 2.45) is 0 Å². The maximum atomic E-state index is 14.2. The molecule has 3 nitrogen and oxygen atoms in total. The molecule has 2 rings (SSSR count). The van der Waals surface area contributed by atoms with Crippen LogP contribution in [0, 0.1) is 5.82 Å². The second kappa shape index (κ2) is 6.83. The highest BCUT2D eigenvalue weighted by Gasteiger charge is 2.23. The number of nitrogens with zero attached hydrogens (tertiary/aromatic N) is 2. The average Bonchev–Trinajstić information content (AvgIpc) is 2.75. The number of benzene rings is 1. The van der Waals surface area contributed by atoms with Crippen LogP contribution < -0.4 is 5.32 Å². The largest absolute Gasteiger partial charge is 0.308 e. The van der Waals surface area contributed by atoms with Crippen LogP contribution >= 0.6 is 31.9 Å². The van der Waals surface area contributed by atoms with Crippen molar-refractivity contribution in [3.05, 3.63) is 50.4 Å². The van der Waals surface area contributed by atoms with E-state index in [2.05, 4.69) is 49.2 Å². The molecule has 0 aliphatic rings. The quantitative estimate of drug-likeness (QED) is 0.806. The monoisotopic (exact) mass is 403 g/mol. The van der Waals surface area contributed by atoms with Crippen molar-refractivity contribution in [3.8, 4) is 0 Å². The van der Waals surface area contributed by atoms with Crippen LogP contribution in [0.15, 0.2) is 33.3 Å². The Kier molecular flexibility index (Phi) is 5.35. The summed E-state index contributed by atoms with van der Waals surface area (Å²) in [6.45, 7) is 2.89. The first-order chi connectivity index (χ1) is 9.58. The SMILES string of the molecule is CCCn1ncc(Br)c1C(NC)c1ccc(Br)cc1F. The Morgan fingerprint density at radius 2 is 2.15 bits per heavy atom. The van der Waals surface area contributed by atoms with Crippen molar-refractivity contribution < 1.29 is 4.39 Å². The third-order valence-corrected chi connectivity index (χ3v) is 4.21. The predicted molar refractivity (Wildman–Crippen MR) is 85.2 cm³/mol. The van der Waals surface area contributed by atoms with E-state index in [9.17, 15) is 4.39 Å². The maximum absolute atomic E-state index is 14.2. The highest BCUT2D eigenvalue weighted by molar-refractivity contribution is 9.10. The summed E-state index contributed by atoms with van der Waals surface area (Å²) in [7, 11) is 1.82. The molecule has 1 aromatic carbocycles. The van der Waals surface area contributed by atoms with E-state index in [0.717, 1.165) is 27.6 Å². The first-order valence-corrected chi connectivity index (χ1v) is 8.00. The molecule has 0 aliphatic heterocycles. The Balaban J connectivity index is 2.49. The summed E-state index contributed by atoms with van der Waals surface area (Å²) >= 11 is 6.79. The number of aromatic nitrogens is 2. The summed E-state index contributed by atoms with van der Waals surface area (Å²) in [6.07, 6.45) is 2.73. The zero-order chi connectivity index (χ0) is 14.7. The lowest BCUT2D eigenvalue weighted by atomic mass is 10.0. The van der Waals surface area contributed by atoms with E-state index >= 15 is 0 Å². The zero-order valence-corrected chi connectivity index (χ0v) is 14.5. The number of rotatable bonds is 5. The molecule has 0 fully saturated rings. The predicted octanol–water partition coefficient (Wildman–Crippen LogP) is 4.27. The van der Waals surface area contributed by atoms with E-state index < -0.39 is 0 Å². The Labute approximate surface area is 134 Å². The normalized spacial score (nSPS) is 12.7. The average molecular weight is 405 g/mol. The van der Waals surface area contributed by atoms with Crippen LogP contribution in [0.3, 0.4) is 0 Å². The van der Waals surface area contributed by atoms with Crippen molar-refractivity contribution in [2.75, 3.05) is 7.05 Å². The molecule has 0 amide bonds. The van der Waals surface area contributed by atoms with Gasteiger partial charge in [0.25, 0.3) is 0 Å². The van der Waals surface area contributed by atoms with E-state index in [1.54, 1.807) is 12.3 Å². The van der Waals surface area contributed by atoms with Crippen molar-refractivity contribution in [2.45, 2.75) is 25.9 Å². The fraction of sp³-hybridized carbons (Fsp3) is 0.357. The van der Waals surface area contributed by atoms with Crippen molar-refractivity contribution >= 4 is 31.9 Å². The van der Waals surface area contributed by atoms with Gasteiger partial charge in [-0.2, -0.15) is 5.10 Å². The van der Waals surface area contributed by atoms with Gasteiger partial charge in [-0.3, -0.25) is 4.68 Å². The van der Waals surface area contributed by atoms with Gasteiger partial charge in [0.1, 0.15) is 5.82 Å². The highest BCUT2D eigenvalue weighted by Crippen LogP contribution is 2.31. The number of hydrogen-bond donors (Lipinski definition) is 1. The van der Waals surface area contributed by atoms with Crippen molar-refractivity contribution in [1.82, 2.24) is 15.1 Å². The molecule has 0 radical (unpaired) electrons. The molecule has 0 aliphatic carbocycles. The number of halogens is 3. The fourth-order valence-electron chi connectivity index (χ4n) is 2.22. The third-order valence-electron chi connectivity index (χ3n) is 3.10. The molecule has 0 spiro atoms. The van der Waals surface area contributed by atoms with Crippen molar-refractivity contribution in [3.63, 3.8) is 0 Å². The van der Waals surface area contributed by atoms with Gasteiger partial charge in [0.2, 0.25) is 0 Å². The summed E-state index contributed by atoms with van der Waals surface area (Å²) in [5.41, 5.74) is 1.55. The molecule has 0 bridgehead atoms. The minimum atomic E-state index is -0.244. The fourth-order valence-corrected chi connectivity index (χ4v) is 3.08. The summed E-state index contributed by atoms with van der Waals surface area (Å²) in [5, 5.41) is 7.52. The summed E-state index contributed by atoms with van der Waals surface area (Å²) < 4.78 is 17.7. The molecule has 20 heavy (non-hydrogen) atoms. The number of nitrogens with one attached hydrogen (secondary N) is 1. The van der Waals surface area contributed by atoms with E-state index in [1.807, 2.05) is 17.8 Å². The van der Waals surface area contributed by atoms with Gasteiger partial charge < -0.3 is 5.32 Å². The number of hydrogen-bond acceptors (Lipinski definition) is 2. The molecular formula is C14H16Br2FN3. The Morgan fingerprint density at radius 1 is 1.40 bits per heavy atom. The van der Waals surface area contributed by atoms with E-state index in [0.29, 0.717) is 5.56 Å². The van der Waals surface area contributed by atoms with Crippen molar-refractivity contribution in [1.29, 1.82) is 0 Å². The minimum Gasteiger partial charge on any atom is -0.308 e. The van der Waals surface area contributed by atoms with Gasteiger partial charge in [0.15, 0.2) is 0 Å². The summed E-state index contributed by atoms with van der Waals surface area (Å²) in [5.74, 6) is -0.241. The summed E-state index contributed by atoms with van der Waals surface area (Å²) in [4.78, 5) is 0. The van der Waals surface area contributed by atoms with Crippen LogP contribution in [0.4, 0.5) is 4.39 Å². The molecule has 0 saturated carbocycles. The number of aryl methyl sites for hydroxylation is 1. The Hall–Kier alpha value is -0.720. The maximum Gasteiger partial charge on any atom is 0.129 e. The van der Waals surface area contributed by atoms with Gasteiger partial charge in [-0.05, 0) is 41.5 Å². The second-order valence-corrected chi connectivity index (χ2v) is 6.26. The van der Waals surface area contributed by atoms with E-state index in [-0.39, 0.29) is 11.9 Å². The topological polar surface area (TPSA) is 29.9 Å². The second-order valence-electron chi connectivity index (χ2n) is 4.49. The highest BCUT2D eigenvalue weighted by atomic mass is 79.9. The van der Waals surface area contributed by atoms with Gasteiger partial charge in [0.05, 0.1) is 22.4 Å². The molecule has 6 heteroatoms. The van der Waals surface area contributed by atoms with Gasteiger partial charge in [-0.25, -0.2) is 4.39 Å². The molecule has 1 heterocycles. The van der Waals surface area contributed by atoms with Crippen LogP contribution in [0.2, 0.25) is 0 Å². The Morgan fingerprint density at radius 3 is 2.75 bits per heavy atom. The first kappa shape index (κ1) is 15.7. The lowest BCUT2D eigenvalue weighted by Crippen LogP contribution is -2.23. The molecule has 0 saturated heterocycles. The molecule has 2 aromatic rings. The lowest BCUT2D eigenvalue weighted by Gasteiger charge is -2.20. The first-order valence-electron chi connectivity index (χ1n) is 6.41. The van der Waals surface area contributed by atoms with Crippen LogP contribution in [-0.4, -0.2) is 16.8 Å². The Bertz CT molecular complexity index is 598. The smallest absolute Gasteiger partial charge is 0.129 e. The molecule has 1 aromatic heterocycles. The van der Waals surface area contributed by atoms with E-state index in [1.165, 1.54) is 6.07 Å². The molecule has 1 N–H and O–H groups in total. The van der Waals surface area contributed by atoms with Gasteiger partial charge in [-0.1, -0.05) is 28.9 Å². The lowest BCUT2D eigenvalue weighted by molar-refractivity contribution is 0.515. The molecule has 108 valence electrons. The van der Waals surface area contributed by atoms with Crippen LogP contribution in [-0.2, 0) is 6.54 Å². The summed E-state index contributed by atoms with van der Waals surface area (Å²) in [6, 6.07) is 4.87. The van der Waals surface area contributed by atoms with Crippen LogP contribution in [0.1, 0.15) is 30.6 Å². The van der Waals surface area contributed by atoms with Crippen LogP contribution in [0.5, 0.6) is 0 Å². The minimum absolute atomic E-state index is 0.241. The standard InChI is InChI=1S/C14H16Br2FN3/c1-3-6-20-14(11(16)8-19-20)13(18-2)10-5-4-9(15)7-12(10)17/h4-5,7-8,13,18H,3,6H2,1-2H3. The van der Waals surface area contributed by atoms with Gasteiger partial charge >= 0.3 is 0 Å². The third kappa shape index (κ3) is 3.13. The zero-order valence-electron chi connectivity index (χ0n) is 11.3. The molecule has 1 atom stereocenters.